The summed E-state index contributed by atoms with van der Waals surface area (Å²) in [6, 6.07) is -0.625. The van der Waals surface area contributed by atoms with E-state index in [2.05, 4.69) is 55.6 Å². The normalized spacial score (nSPS) is 13.8. The molecule has 0 rings (SSSR count). The molecule has 2 unspecified atom stereocenters. The quantitative estimate of drug-likeness (QED) is 0.0591. The van der Waals surface area contributed by atoms with Crippen molar-refractivity contribution < 1.29 is 15.0 Å². The molecule has 0 radical (unpaired) electrons. The molecule has 0 fully saturated rings. The Kier molecular flexibility index (Phi) is 31.5. The second-order valence-corrected chi connectivity index (χ2v) is 11.6. The molecule has 0 aromatic carbocycles. The van der Waals surface area contributed by atoms with Crippen molar-refractivity contribution in [3.8, 4) is 0 Å². The topological polar surface area (TPSA) is 69.6 Å². The van der Waals surface area contributed by atoms with Gasteiger partial charge in [-0.2, -0.15) is 0 Å². The Morgan fingerprint density at radius 2 is 1.07 bits per heavy atom. The smallest absolute Gasteiger partial charge is 0.220 e. The van der Waals surface area contributed by atoms with Gasteiger partial charge in [0.25, 0.3) is 0 Å². The third-order valence-electron chi connectivity index (χ3n) is 7.57. The number of hydrogen-bond acceptors (Lipinski definition) is 3. The molecule has 1 amide bonds. The van der Waals surface area contributed by atoms with Crippen molar-refractivity contribution >= 4 is 5.91 Å². The molecule has 41 heavy (non-hydrogen) atoms. The van der Waals surface area contributed by atoms with E-state index in [0.717, 1.165) is 57.8 Å². The van der Waals surface area contributed by atoms with Crippen LogP contribution in [-0.2, 0) is 4.79 Å². The second-order valence-electron chi connectivity index (χ2n) is 11.6. The van der Waals surface area contributed by atoms with Crippen molar-refractivity contribution in [2.24, 2.45) is 0 Å². The minimum absolute atomic E-state index is 0.0785. The number of allylic oxidation sites excluding steroid dienone is 7. The number of nitrogens with one attached hydrogen (secondary N) is 1. The predicted molar refractivity (Wildman–Crippen MR) is 179 cm³/mol. The molecule has 0 aliphatic carbocycles. The highest BCUT2D eigenvalue weighted by molar-refractivity contribution is 5.76. The molecule has 0 saturated heterocycles. The number of amides is 1. The highest BCUT2D eigenvalue weighted by Gasteiger charge is 2.17. The highest BCUT2D eigenvalue weighted by atomic mass is 16.3. The van der Waals surface area contributed by atoms with Crippen molar-refractivity contribution in [3.05, 3.63) is 48.6 Å². The molecule has 4 nitrogen and oxygen atoms in total. The molecule has 0 aromatic rings. The van der Waals surface area contributed by atoms with Gasteiger partial charge in [-0.15, -0.1) is 0 Å². The van der Waals surface area contributed by atoms with Crippen LogP contribution in [0.1, 0.15) is 162 Å². The second kappa shape index (κ2) is 32.9. The lowest BCUT2D eigenvalue weighted by Crippen LogP contribution is -2.45. The van der Waals surface area contributed by atoms with E-state index in [1.807, 2.05) is 6.08 Å². The summed E-state index contributed by atoms with van der Waals surface area (Å²) in [7, 11) is 0. The molecule has 238 valence electrons. The summed E-state index contributed by atoms with van der Waals surface area (Å²) in [6.45, 7) is 4.16. The molecule has 0 spiro atoms. The van der Waals surface area contributed by atoms with Gasteiger partial charge in [0, 0.05) is 6.42 Å². The van der Waals surface area contributed by atoms with Gasteiger partial charge in [0.05, 0.1) is 18.8 Å². The Morgan fingerprint density at radius 3 is 1.61 bits per heavy atom. The molecule has 4 heteroatoms. The number of rotatable bonds is 30. The van der Waals surface area contributed by atoms with Gasteiger partial charge in [0.15, 0.2) is 0 Å². The van der Waals surface area contributed by atoms with E-state index in [9.17, 15) is 15.0 Å². The third kappa shape index (κ3) is 29.6. The van der Waals surface area contributed by atoms with Crippen LogP contribution in [0.15, 0.2) is 48.6 Å². The maximum absolute atomic E-state index is 12.3. The zero-order valence-corrected chi connectivity index (χ0v) is 27.0. The predicted octanol–water partition coefficient (Wildman–Crippen LogP) is 10.1. The average molecular weight is 574 g/mol. The lowest BCUT2D eigenvalue weighted by atomic mass is 10.1. The van der Waals surface area contributed by atoms with Crippen molar-refractivity contribution in [1.82, 2.24) is 5.32 Å². The molecule has 0 heterocycles. The number of aliphatic hydroxyl groups is 2. The summed E-state index contributed by atoms with van der Waals surface area (Å²) < 4.78 is 0. The summed E-state index contributed by atoms with van der Waals surface area (Å²) in [5.74, 6) is -0.0785. The van der Waals surface area contributed by atoms with E-state index < -0.39 is 12.1 Å². The lowest BCUT2D eigenvalue weighted by Gasteiger charge is -2.20. The van der Waals surface area contributed by atoms with Crippen LogP contribution < -0.4 is 5.32 Å². The molecule has 0 saturated carbocycles. The summed E-state index contributed by atoms with van der Waals surface area (Å²) in [6.07, 6.45) is 43.3. The first-order valence-corrected chi connectivity index (χ1v) is 17.4. The van der Waals surface area contributed by atoms with Crippen LogP contribution in [0, 0.1) is 0 Å². The standard InChI is InChI=1S/C37H67NO3/c1-3-5-7-9-11-13-15-17-18-19-20-21-23-25-27-29-31-33-37(41)38-35(34-39)36(40)32-30-28-26-24-22-16-14-12-10-8-6-4-2/h5,7,11,13,17-18,30,32,35-36,39-40H,3-4,6,8-10,12,14-16,19-29,31,33-34H2,1-2H3,(H,38,41)/b7-5-,13-11-,18-17-,32-30+. The van der Waals surface area contributed by atoms with E-state index in [1.54, 1.807) is 6.08 Å². The Morgan fingerprint density at radius 1 is 0.610 bits per heavy atom. The van der Waals surface area contributed by atoms with Gasteiger partial charge in [-0.25, -0.2) is 0 Å². The molecule has 0 bridgehead atoms. The van der Waals surface area contributed by atoms with Crippen LogP contribution >= 0.6 is 0 Å². The molecular formula is C37H67NO3. The number of unbranched alkanes of at least 4 members (excludes halogenated alkanes) is 17. The fourth-order valence-electron chi connectivity index (χ4n) is 4.90. The van der Waals surface area contributed by atoms with Crippen LogP contribution in [0.5, 0.6) is 0 Å². The Balaban J connectivity index is 3.67. The Labute approximate surface area is 254 Å². The summed E-state index contributed by atoms with van der Waals surface area (Å²) in [5, 5.41) is 22.8. The maximum atomic E-state index is 12.3. The first-order valence-electron chi connectivity index (χ1n) is 17.4. The van der Waals surface area contributed by atoms with E-state index in [4.69, 9.17) is 0 Å². The van der Waals surface area contributed by atoms with Gasteiger partial charge in [-0.3, -0.25) is 4.79 Å². The first-order chi connectivity index (χ1) is 20.2. The largest absolute Gasteiger partial charge is 0.394 e. The number of hydrogen-bond donors (Lipinski definition) is 3. The van der Waals surface area contributed by atoms with E-state index in [-0.39, 0.29) is 12.5 Å². The Bertz CT molecular complexity index is 667. The van der Waals surface area contributed by atoms with Crippen molar-refractivity contribution in [3.63, 3.8) is 0 Å². The summed E-state index contributed by atoms with van der Waals surface area (Å²) in [4.78, 5) is 12.3. The third-order valence-corrected chi connectivity index (χ3v) is 7.57. The molecular weight excluding hydrogens is 506 g/mol. The van der Waals surface area contributed by atoms with Crippen LogP contribution in [0.2, 0.25) is 0 Å². The molecule has 0 aliphatic heterocycles. The molecule has 0 aliphatic rings. The van der Waals surface area contributed by atoms with Gasteiger partial charge < -0.3 is 15.5 Å². The van der Waals surface area contributed by atoms with Crippen LogP contribution in [0.3, 0.4) is 0 Å². The zero-order chi connectivity index (χ0) is 30.1. The van der Waals surface area contributed by atoms with Crippen molar-refractivity contribution in [2.45, 2.75) is 174 Å². The average Bonchev–Trinajstić information content (AvgIpc) is 2.97. The summed E-state index contributed by atoms with van der Waals surface area (Å²) in [5.41, 5.74) is 0. The van der Waals surface area contributed by atoms with Gasteiger partial charge in [-0.05, 0) is 51.4 Å². The number of carbonyl (C=O) groups is 1. The van der Waals surface area contributed by atoms with Crippen molar-refractivity contribution in [2.75, 3.05) is 6.61 Å². The zero-order valence-electron chi connectivity index (χ0n) is 27.0. The van der Waals surface area contributed by atoms with E-state index in [0.29, 0.717) is 6.42 Å². The van der Waals surface area contributed by atoms with E-state index in [1.165, 1.54) is 83.5 Å². The van der Waals surface area contributed by atoms with Gasteiger partial charge >= 0.3 is 0 Å². The maximum Gasteiger partial charge on any atom is 0.220 e. The van der Waals surface area contributed by atoms with Gasteiger partial charge in [-0.1, -0.05) is 152 Å². The fraction of sp³-hybridized carbons (Fsp3) is 0.757. The van der Waals surface area contributed by atoms with Crippen LogP contribution in [0.4, 0.5) is 0 Å². The minimum Gasteiger partial charge on any atom is -0.394 e. The molecule has 3 N–H and O–H groups in total. The van der Waals surface area contributed by atoms with Crippen LogP contribution in [-0.4, -0.2) is 34.9 Å². The SMILES string of the molecule is CC/C=C\C/C=C\C/C=C\CCCCCCCCCC(=O)NC(CO)C(O)/C=C/CCCCCCCCCCCC. The molecule has 2 atom stereocenters. The monoisotopic (exact) mass is 574 g/mol. The molecule has 0 aromatic heterocycles. The van der Waals surface area contributed by atoms with Crippen LogP contribution in [0.25, 0.3) is 0 Å². The fourth-order valence-corrected chi connectivity index (χ4v) is 4.90. The lowest BCUT2D eigenvalue weighted by molar-refractivity contribution is -0.123. The van der Waals surface area contributed by atoms with Crippen molar-refractivity contribution in [1.29, 1.82) is 0 Å². The Hall–Kier alpha value is -1.65. The summed E-state index contributed by atoms with van der Waals surface area (Å²) >= 11 is 0. The highest BCUT2D eigenvalue weighted by Crippen LogP contribution is 2.12. The van der Waals surface area contributed by atoms with E-state index >= 15 is 0 Å². The van der Waals surface area contributed by atoms with Gasteiger partial charge in [0.2, 0.25) is 5.91 Å². The number of aliphatic hydroxyl groups excluding tert-OH is 2. The first kappa shape index (κ1) is 39.4. The van der Waals surface area contributed by atoms with Gasteiger partial charge in [0.1, 0.15) is 0 Å². The number of carbonyl (C=O) groups excluding carboxylic acids is 1. The minimum atomic E-state index is -0.841.